The topological polar surface area (TPSA) is 61.6 Å². The van der Waals surface area contributed by atoms with E-state index < -0.39 is 11.6 Å². The number of benzene rings is 1. The molecule has 0 fully saturated rings. The number of rotatable bonds is 2. The molecule has 0 amide bonds. The van der Waals surface area contributed by atoms with Crippen molar-refractivity contribution in [1.82, 2.24) is 10.2 Å². The fourth-order valence-electron chi connectivity index (χ4n) is 1.55. The highest BCUT2D eigenvalue weighted by atomic mass is 19.1. The second kappa shape index (κ2) is 4.98. The molecular formula is C13H10F2N4. The van der Waals surface area contributed by atoms with E-state index in [0.29, 0.717) is 11.3 Å². The van der Waals surface area contributed by atoms with E-state index in [4.69, 9.17) is 5.26 Å². The molecule has 0 saturated carbocycles. The van der Waals surface area contributed by atoms with E-state index in [-0.39, 0.29) is 17.1 Å². The minimum absolute atomic E-state index is 0.0375. The van der Waals surface area contributed by atoms with E-state index in [9.17, 15) is 8.78 Å². The summed E-state index contributed by atoms with van der Waals surface area (Å²) >= 11 is 0. The standard InChI is InChI=1S/C13H10F2N4/c1-7-8(2)18-19-13(10(7)6-16)17-12-4-3-9(14)5-11(12)15/h3-5H,1-2H3,(H,17,19). The lowest BCUT2D eigenvalue weighted by atomic mass is 10.1. The molecule has 6 heteroatoms. The van der Waals surface area contributed by atoms with Crippen LogP contribution in [0.4, 0.5) is 20.3 Å². The molecule has 0 atom stereocenters. The van der Waals surface area contributed by atoms with Crippen LogP contribution in [0.5, 0.6) is 0 Å². The average molecular weight is 260 g/mol. The summed E-state index contributed by atoms with van der Waals surface area (Å²) in [7, 11) is 0. The summed E-state index contributed by atoms with van der Waals surface area (Å²) in [5.41, 5.74) is 1.62. The maximum Gasteiger partial charge on any atom is 0.171 e. The second-order valence-corrected chi connectivity index (χ2v) is 3.99. The van der Waals surface area contributed by atoms with Gasteiger partial charge in [0, 0.05) is 6.07 Å². The number of nitrogens with zero attached hydrogens (tertiary/aromatic N) is 3. The van der Waals surface area contributed by atoms with Gasteiger partial charge in [-0.05, 0) is 31.5 Å². The van der Waals surface area contributed by atoms with Gasteiger partial charge in [-0.3, -0.25) is 0 Å². The largest absolute Gasteiger partial charge is 0.335 e. The van der Waals surface area contributed by atoms with Gasteiger partial charge in [0.25, 0.3) is 0 Å². The van der Waals surface area contributed by atoms with Crippen LogP contribution >= 0.6 is 0 Å². The van der Waals surface area contributed by atoms with E-state index in [0.717, 1.165) is 12.1 Å². The van der Waals surface area contributed by atoms with Crippen LogP contribution in [0.25, 0.3) is 0 Å². The first-order valence-corrected chi connectivity index (χ1v) is 5.49. The molecule has 4 nitrogen and oxygen atoms in total. The zero-order valence-corrected chi connectivity index (χ0v) is 10.3. The van der Waals surface area contributed by atoms with Gasteiger partial charge in [-0.15, -0.1) is 5.10 Å². The van der Waals surface area contributed by atoms with E-state index in [1.165, 1.54) is 6.07 Å². The number of nitriles is 1. The first kappa shape index (κ1) is 12.9. The molecule has 2 rings (SSSR count). The summed E-state index contributed by atoms with van der Waals surface area (Å²) < 4.78 is 26.3. The molecule has 0 bridgehead atoms. The molecule has 0 saturated heterocycles. The molecule has 0 unspecified atom stereocenters. The van der Waals surface area contributed by atoms with Gasteiger partial charge in [0.1, 0.15) is 23.3 Å². The number of hydrogen-bond acceptors (Lipinski definition) is 4. The van der Waals surface area contributed by atoms with Gasteiger partial charge < -0.3 is 5.32 Å². The minimum atomic E-state index is -0.760. The number of anilines is 2. The Balaban J connectivity index is 2.44. The predicted octanol–water partition coefficient (Wildman–Crippen LogP) is 2.99. The molecule has 0 aliphatic heterocycles. The Kier molecular flexibility index (Phi) is 3.38. The predicted molar refractivity (Wildman–Crippen MR) is 65.9 cm³/mol. The third-order valence-corrected chi connectivity index (χ3v) is 2.75. The maximum atomic E-state index is 13.5. The smallest absolute Gasteiger partial charge is 0.171 e. The summed E-state index contributed by atoms with van der Waals surface area (Å²) in [6.07, 6.45) is 0. The number of nitrogens with one attached hydrogen (secondary N) is 1. The van der Waals surface area contributed by atoms with Crippen LogP contribution in [0.1, 0.15) is 16.8 Å². The highest BCUT2D eigenvalue weighted by molar-refractivity contribution is 5.64. The molecule has 2 aromatic rings. The van der Waals surface area contributed by atoms with Crippen LogP contribution in [0, 0.1) is 36.8 Å². The SMILES string of the molecule is Cc1nnc(Nc2ccc(F)cc2F)c(C#N)c1C. The molecule has 0 spiro atoms. The van der Waals surface area contributed by atoms with Gasteiger partial charge in [0.2, 0.25) is 0 Å². The molecule has 0 aliphatic carbocycles. The highest BCUT2D eigenvalue weighted by Gasteiger charge is 2.12. The number of halogens is 2. The summed E-state index contributed by atoms with van der Waals surface area (Å²) in [5.74, 6) is -1.28. The van der Waals surface area contributed by atoms with Gasteiger partial charge in [0.15, 0.2) is 5.82 Å². The quantitative estimate of drug-likeness (QED) is 0.901. The summed E-state index contributed by atoms with van der Waals surface area (Å²) in [6, 6.07) is 5.10. The van der Waals surface area contributed by atoms with Gasteiger partial charge in [0.05, 0.1) is 11.4 Å². The molecule has 19 heavy (non-hydrogen) atoms. The molecule has 0 radical (unpaired) electrons. The third-order valence-electron chi connectivity index (χ3n) is 2.75. The van der Waals surface area contributed by atoms with Crippen molar-refractivity contribution in [3.8, 4) is 6.07 Å². The Morgan fingerprint density at radius 1 is 1.21 bits per heavy atom. The van der Waals surface area contributed by atoms with Crippen LogP contribution in [-0.2, 0) is 0 Å². The van der Waals surface area contributed by atoms with Crippen LogP contribution < -0.4 is 5.32 Å². The van der Waals surface area contributed by atoms with E-state index in [1.807, 2.05) is 6.07 Å². The number of aromatic nitrogens is 2. The van der Waals surface area contributed by atoms with Crippen molar-refractivity contribution in [2.75, 3.05) is 5.32 Å². The average Bonchev–Trinajstić information content (AvgIpc) is 2.37. The Hall–Kier alpha value is -2.55. The number of hydrogen-bond donors (Lipinski definition) is 1. The van der Waals surface area contributed by atoms with Crippen LogP contribution in [0.2, 0.25) is 0 Å². The van der Waals surface area contributed by atoms with Gasteiger partial charge in [-0.2, -0.15) is 10.4 Å². The van der Waals surface area contributed by atoms with Crippen molar-refractivity contribution < 1.29 is 8.78 Å². The lowest BCUT2D eigenvalue weighted by Crippen LogP contribution is -2.04. The Morgan fingerprint density at radius 3 is 2.58 bits per heavy atom. The molecular weight excluding hydrogens is 250 g/mol. The minimum Gasteiger partial charge on any atom is -0.335 e. The van der Waals surface area contributed by atoms with Crippen LogP contribution in [0.15, 0.2) is 18.2 Å². The first-order valence-electron chi connectivity index (χ1n) is 5.49. The van der Waals surface area contributed by atoms with Crippen molar-refractivity contribution in [1.29, 1.82) is 5.26 Å². The summed E-state index contributed by atoms with van der Waals surface area (Å²) in [4.78, 5) is 0. The van der Waals surface area contributed by atoms with Gasteiger partial charge in [-0.1, -0.05) is 0 Å². The van der Waals surface area contributed by atoms with Gasteiger partial charge in [-0.25, -0.2) is 8.78 Å². The van der Waals surface area contributed by atoms with E-state index >= 15 is 0 Å². The van der Waals surface area contributed by atoms with Crippen molar-refractivity contribution >= 4 is 11.5 Å². The Morgan fingerprint density at radius 2 is 1.95 bits per heavy atom. The monoisotopic (exact) mass is 260 g/mol. The molecule has 1 aromatic carbocycles. The summed E-state index contributed by atoms with van der Waals surface area (Å²) in [5, 5.41) is 19.4. The zero-order valence-electron chi connectivity index (χ0n) is 10.3. The van der Waals surface area contributed by atoms with Gasteiger partial charge >= 0.3 is 0 Å². The molecule has 96 valence electrons. The highest BCUT2D eigenvalue weighted by Crippen LogP contribution is 2.23. The van der Waals surface area contributed by atoms with Crippen molar-refractivity contribution in [2.24, 2.45) is 0 Å². The van der Waals surface area contributed by atoms with Crippen molar-refractivity contribution in [3.63, 3.8) is 0 Å². The molecule has 0 aliphatic rings. The third kappa shape index (κ3) is 2.50. The van der Waals surface area contributed by atoms with E-state index in [1.54, 1.807) is 13.8 Å². The lowest BCUT2D eigenvalue weighted by Gasteiger charge is -2.10. The number of aryl methyl sites for hydroxylation is 1. The van der Waals surface area contributed by atoms with Crippen molar-refractivity contribution in [2.45, 2.75) is 13.8 Å². The van der Waals surface area contributed by atoms with E-state index in [2.05, 4.69) is 15.5 Å². The fourth-order valence-corrected chi connectivity index (χ4v) is 1.55. The molecule has 1 heterocycles. The van der Waals surface area contributed by atoms with Crippen LogP contribution in [0.3, 0.4) is 0 Å². The Bertz CT molecular complexity index is 677. The van der Waals surface area contributed by atoms with Crippen LogP contribution in [-0.4, -0.2) is 10.2 Å². The van der Waals surface area contributed by atoms with Crippen molar-refractivity contribution in [3.05, 3.63) is 46.7 Å². The lowest BCUT2D eigenvalue weighted by molar-refractivity contribution is 0.586. The zero-order chi connectivity index (χ0) is 14.0. The normalized spacial score (nSPS) is 10.1. The first-order chi connectivity index (χ1) is 9.02. The fraction of sp³-hybridized carbons (Fsp3) is 0.154. The second-order valence-electron chi connectivity index (χ2n) is 3.99. The summed E-state index contributed by atoms with van der Waals surface area (Å²) in [6.45, 7) is 3.46. The molecule has 1 aromatic heterocycles. The maximum absolute atomic E-state index is 13.5. The molecule has 1 N–H and O–H groups in total. The Labute approximate surface area is 108 Å².